The van der Waals surface area contributed by atoms with Crippen LogP contribution in [0.25, 0.3) is 0 Å². The first-order chi connectivity index (χ1) is 7.97. The van der Waals surface area contributed by atoms with Crippen molar-refractivity contribution >= 4 is 11.9 Å². The molecule has 0 saturated carbocycles. The van der Waals surface area contributed by atoms with E-state index in [1.165, 1.54) is 7.11 Å². The van der Waals surface area contributed by atoms with Gasteiger partial charge in [0.05, 0.1) is 13.0 Å². The summed E-state index contributed by atoms with van der Waals surface area (Å²) >= 11 is 0. The van der Waals surface area contributed by atoms with E-state index in [-0.39, 0.29) is 17.8 Å². The summed E-state index contributed by atoms with van der Waals surface area (Å²) in [4.78, 5) is 24.8. The number of nitrogens with zero attached hydrogens (tertiary/aromatic N) is 1. The van der Waals surface area contributed by atoms with E-state index < -0.39 is 0 Å². The van der Waals surface area contributed by atoms with Gasteiger partial charge in [-0.1, -0.05) is 6.92 Å². The zero-order chi connectivity index (χ0) is 13.0. The number of methoxy groups -OCH3 is 1. The van der Waals surface area contributed by atoms with Gasteiger partial charge in [-0.15, -0.1) is 0 Å². The molecule has 1 rings (SSSR count). The average molecular weight is 240 g/mol. The molecule has 1 atom stereocenters. The molecule has 5 nitrogen and oxygen atoms in total. The van der Waals surface area contributed by atoms with Gasteiger partial charge in [-0.05, 0) is 12.5 Å². The molecule has 1 aliphatic rings. The van der Waals surface area contributed by atoms with Gasteiger partial charge in [0, 0.05) is 32.3 Å². The maximum Gasteiger partial charge on any atom is 0.310 e. The van der Waals surface area contributed by atoms with Gasteiger partial charge in [0.15, 0.2) is 0 Å². The van der Waals surface area contributed by atoms with Crippen LogP contribution in [0, 0.1) is 5.92 Å². The smallest absolute Gasteiger partial charge is 0.310 e. The summed E-state index contributed by atoms with van der Waals surface area (Å²) in [6.45, 7) is 5.54. The number of likely N-dealkylation sites (N-methyl/N-ethyl adjacent to an activating group) is 1. The summed E-state index contributed by atoms with van der Waals surface area (Å²) in [6, 6.07) is 0. The fourth-order valence-corrected chi connectivity index (χ4v) is 1.72. The van der Waals surface area contributed by atoms with E-state index in [0.29, 0.717) is 6.54 Å². The summed E-state index contributed by atoms with van der Waals surface area (Å²) in [7, 11) is 3.06. The monoisotopic (exact) mass is 240 g/mol. The lowest BCUT2D eigenvalue weighted by Gasteiger charge is -2.25. The van der Waals surface area contributed by atoms with Crippen molar-refractivity contribution in [1.29, 1.82) is 0 Å². The normalized spacial score (nSPS) is 15.9. The Kier molecular flexibility index (Phi) is 4.69. The third-order valence-corrected chi connectivity index (χ3v) is 3.03. The lowest BCUT2D eigenvalue weighted by Crippen LogP contribution is -2.39. The highest BCUT2D eigenvalue weighted by Crippen LogP contribution is 2.12. The van der Waals surface area contributed by atoms with Crippen LogP contribution in [0.4, 0.5) is 0 Å². The number of hydrogen-bond donors (Lipinski definition) is 1. The number of esters is 1. The highest BCUT2D eigenvalue weighted by Gasteiger charge is 2.22. The molecule has 0 aromatic carbocycles. The zero-order valence-corrected chi connectivity index (χ0v) is 10.9. The van der Waals surface area contributed by atoms with E-state index in [9.17, 15) is 9.59 Å². The van der Waals surface area contributed by atoms with Crippen molar-refractivity contribution in [3.8, 4) is 0 Å². The number of nitrogens with one attached hydrogen (secondary N) is 1. The molecule has 0 spiro atoms. The number of ether oxygens (including phenoxy) is 1. The first kappa shape index (κ1) is 13.7. The van der Waals surface area contributed by atoms with Crippen LogP contribution < -0.4 is 5.32 Å². The molecule has 1 heterocycles. The molecule has 1 unspecified atom stereocenters. The molecular weight excluding hydrogens is 220 g/mol. The van der Waals surface area contributed by atoms with Crippen molar-refractivity contribution in [3.63, 3.8) is 0 Å². The minimum absolute atomic E-state index is 0.0164. The zero-order valence-electron chi connectivity index (χ0n) is 10.9. The van der Waals surface area contributed by atoms with Crippen molar-refractivity contribution in [1.82, 2.24) is 10.2 Å². The maximum absolute atomic E-state index is 12.0. The molecule has 1 saturated heterocycles. The lowest BCUT2D eigenvalue weighted by atomic mass is 10.0. The fourth-order valence-electron chi connectivity index (χ4n) is 1.72. The van der Waals surface area contributed by atoms with Crippen LogP contribution in [-0.2, 0) is 14.3 Å². The molecule has 1 fully saturated rings. The largest absolute Gasteiger partial charge is 0.469 e. The van der Waals surface area contributed by atoms with Gasteiger partial charge in [-0.25, -0.2) is 0 Å². The third kappa shape index (κ3) is 3.30. The van der Waals surface area contributed by atoms with Crippen molar-refractivity contribution in [2.75, 3.05) is 33.8 Å². The van der Waals surface area contributed by atoms with E-state index >= 15 is 0 Å². The van der Waals surface area contributed by atoms with E-state index in [2.05, 4.69) is 10.1 Å². The molecule has 0 aliphatic carbocycles. The SMILES string of the molecule is COC(=O)C(C)CN(C)C(=O)C(C)=C1CNC1. The standard InChI is InChI=1S/C12H20N2O3/c1-8(12(16)17-4)7-14(3)11(15)9(2)10-5-13-6-10/h8,13H,5-7H2,1-4H3. The molecular formula is C12H20N2O3. The summed E-state index contributed by atoms with van der Waals surface area (Å²) in [6.07, 6.45) is 0. The van der Waals surface area contributed by atoms with Crippen molar-refractivity contribution < 1.29 is 14.3 Å². The van der Waals surface area contributed by atoms with Crippen LogP contribution in [0.5, 0.6) is 0 Å². The number of carbonyl (C=O) groups is 2. The van der Waals surface area contributed by atoms with E-state index in [1.54, 1.807) is 18.9 Å². The van der Waals surface area contributed by atoms with Gasteiger partial charge in [-0.2, -0.15) is 0 Å². The lowest BCUT2D eigenvalue weighted by molar-refractivity contribution is -0.145. The predicted molar refractivity (Wildman–Crippen MR) is 64.4 cm³/mol. The Morgan fingerprint density at radius 2 is 2.06 bits per heavy atom. The topological polar surface area (TPSA) is 58.6 Å². The number of carbonyl (C=O) groups excluding carboxylic acids is 2. The van der Waals surface area contributed by atoms with E-state index in [0.717, 1.165) is 24.2 Å². The number of hydrogen-bond acceptors (Lipinski definition) is 4. The fraction of sp³-hybridized carbons (Fsp3) is 0.667. The molecule has 5 heteroatoms. The second kappa shape index (κ2) is 5.82. The number of amides is 1. The molecule has 0 radical (unpaired) electrons. The van der Waals surface area contributed by atoms with Crippen LogP contribution in [0.1, 0.15) is 13.8 Å². The van der Waals surface area contributed by atoms with Crippen LogP contribution in [0.15, 0.2) is 11.1 Å². The van der Waals surface area contributed by atoms with Crippen molar-refractivity contribution in [3.05, 3.63) is 11.1 Å². The Morgan fingerprint density at radius 1 is 1.47 bits per heavy atom. The predicted octanol–water partition coefficient (Wildman–Crippen LogP) is 0.174. The quantitative estimate of drug-likeness (QED) is 0.562. The summed E-state index contributed by atoms with van der Waals surface area (Å²) in [5, 5.41) is 3.10. The van der Waals surface area contributed by atoms with Gasteiger partial charge < -0.3 is 15.0 Å². The highest BCUT2D eigenvalue weighted by atomic mass is 16.5. The Balaban J connectivity index is 2.55. The van der Waals surface area contributed by atoms with Gasteiger partial charge in [0.2, 0.25) is 5.91 Å². The van der Waals surface area contributed by atoms with Crippen LogP contribution in [-0.4, -0.2) is 50.6 Å². The maximum atomic E-state index is 12.0. The molecule has 17 heavy (non-hydrogen) atoms. The van der Waals surface area contributed by atoms with E-state index in [1.807, 2.05) is 6.92 Å². The van der Waals surface area contributed by atoms with Crippen LogP contribution >= 0.6 is 0 Å². The van der Waals surface area contributed by atoms with E-state index in [4.69, 9.17) is 0 Å². The van der Waals surface area contributed by atoms with Gasteiger partial charge >= 0.3 is 5.97 Å². The molecule has 1 N–H and O–H groups in total. The van der Waals surface area contributed by atoms with Crippen molar-refractivity contribution in [2.45, 2.75) is 13.8 Å². The molecule has 0 bridgehead atoms. The number of rotatable bonds is 4. The van der Waals surface area contributed by atoms with Crippen LogP contribution in [0.2, 0.25) is 0 Å². The Morgan fingerprint density at radius 3 is 2.47 bits per heavy atom. The summed E-state index contributed by atoms with van der Waals surface area (Å²) in [5.74, 6) is -0.608. The molecule has 1 aliphatic heterocycles. The molecule has 1 amide bonds. The Hall–Kier alpha value is -1.36. The Bertz CT molecular complexity index is 344. The van der Waals surface area contributed by atoms with Gasteiger partial charge in [-0.3, -0.25) is 9.59 Å². The minimum Gasteiger partial charge on any atom is -0.469 e. The highest BCUT2D eigenvalue weighted by molar-refractivity contribution is 5.94. The second-order valence-electron chi connectivity index (χ2n) is 4.44. The average Bonchev–Trinajstić information content (AvgIpc) is 2.24. The molecule has 0 aromatic rings. The van der Waals surface area contributed by atoms with Crippen LogP contribution in [0.3, 0.4) is 0 Å². The third-order valence-electron chi connectivity index (χ3n) is 3.03. The second-order valence-corrected chi connectivity index (χ2v) is 4.44. The minimum atomic E-state index is -0.300. The van der Waals surface area contributed by atoms with Gasteiger partial charge in [0.25, 0.3) is 0 Å². The summed E-state index contributed by atoms with van der Waals surface area (Å²) < 4.78 is 4.63. The first-order valence-corrected chi connectivity index (χ1v) is 5.70. The molecule has 0 aromatic heterocycles. The van der Waals surface area contributed by atoms with Crippen molar-refractivity contribution in [2.24, 2.45) is 5.92 Å². The first-order valence-electron chi connectivity index (χ1n) is 5.70. The Labute approximate surface area is 102 Å². The van der Waals surface area contributed by atoms with Gasteiger partial charge in [0.1, 0.15) is 0 Å². The summed E-state index contributed by atoms with van der Waals surface area (Å²) in [5.41, 5.74) is 1.93. The molecule has 96 valence electrons.